The van der Waals surface area contributed by atoms with Gasteiger partial charge in [-0.2, -0.15) is 0 Å². The van der Waals surface area contributed by atoms with Crippen LogP contribution in [0.15, 0.2) is 0 Å². The van der Waals surface area contributed by atoms with E-state index in [9.17, 15) is 9.59 Å². The third-order valence-corrected chi connectivity index (χ3v) is 4.47. The molecular weight excluding hydrogens is 272 g/mol. The number of methoxy groups -OCH3 is 1. The number of ether oxygens (including phenoxy) is 2. The summed E-state index contributed by atoms with van der Waals surface area (Å²) in [5.41, 5.74) is -1.49. The molecule has 1 saturated heterocycles. The Morgan fingerprint density at radius 2 is 1.81 bits per heavy atom. The van der Waals surface area contributed by atoms with Crippen LogP contribution in [0, 0.1) is 0 Å². The van der Waals surface area contributed by atoms with Crippen molar-refractivity contribution in [3.05, 3.63) is 0 Å². The molecule has 1 heterocycles. The summed E-state index contributed by atoms with van der Waals surface area (Å²) in [6, 6.07) is 0. The van der Waals surface area contributed by atoms with E-state index in [0.717, 1.165) is 25.7 Å². The van der Waals surface area contributed by atoms with E-state index in [0.29, 0.717) is 26.4 Å². The number of piperazine rings is 1. The van der Waals surface area contributed by atoms with Gasteiger partial charge in [-0.15, -0.1) is 0 Å². The maximum Gasteiger partial charge on any atom is 0.248 e. The number of rotatable bonds is 6. The fourth-order valence-corrected chi connectivity index (χ4v) is 3.28. The molecule has 1 aliphatic heterocycles. The minimum Gasteiger partial charge on any atom is -0.382 e. The zero-order valence-corrected chi connectivity index (χ0v) is 13.2. The van der Waals surface area contributed by atoms with Gasteiger partial charge in [0.15, 0.2) is 0 Å². The van der Waals surface area contributed by atoms with E-state index in [1.807, 2.05) is 0 Å². The average molecular weight is 298 g/mol. The Labute approximate surface area is 126 Å². The molecule has 0 bridgehead atoms. The Morgan fingerprint density at radius 1 is 1.14 bits per heavy atom. The second-order valence-corrected chi connectivity index (χ2v) is 6.38. The van der Waals surface area contributed by atoms with E-state index < -0.39 is 11.1 Å². The Morgan fingerprint density at radius 3 is 2.43 bits per heavy atom. The van der Waals surface area contributed by atoms with E-state index in [4.69, 9.17) is 9.47 Å². The fourth-order valence-electron chi connectivity index (χ4n) is 3.28. The van der Waals surface area contributed by atoms with Crippen molar-refractivity contribution in [2.45, 2.75) is 50.6 Å². The first kappa shape index (κ1) is 16.2. The number of amides is 2. The first-order chi connectivity index (χ1) is 9.94. The molecule has 0 aromatic carbocycles. The molecule has 2 rings (SSSR count). The number of nitrogens with one attached hydrogen (secondary N) is 1. The van der Waals surface area contributed by atoms with Crippen LogP contribution >= 0.6 is 0 Å². The van der Waals surface area contributed by atoms with Crippen molar-refractivity contribution in [1.29, 1.82) is 0 Å². The summed E-state index contributed by atoms with van der Waals surface area (Å²) in [6.45, 7) is 5.44. The molecule has 120 valence electrons. The maximum absolute atomic E-state index is 12.7. The summed E-state index contributed by atoms with van der Waals surface area (Å²) in [5, 5.41) is 2.89. The maximum atomic E-state index is 12.7. The molecule has 0 atom stereocenters. The number of hydrogen-bond donors (Lipinski definition) is 1. The molecule has 1 saturated carbocycles. The van der Waals surface area contributed by atoms with Gasteiger partial charge in [-0.05, 0) is 26.7 Å². The Hall–Kier alpha value is -1.14. The van der Waals surface area contributed by atoms with Gasteiger partial charge in [-0.3, -0.25) is 9.59 Å². The van der Waals surface area contributed by atoms with E-state index in [1.165, 1.54) is 0 Å². The molecule has 0 radical (unpaired) electrons. The molecule has 2 amide bonds. The topological polar surface area (TPSA) is 67.9 Å². The van der Waals surface area contributed by atoms with Crippen molar-refractivity contribution in [2.24, 2.45) is 0 Å². The summed E-state index contributed by atoms with van der Waals surface area (Å²) < 4.78 is 10.4. The summed E-state index contributed by atoms with van der Waals surface area (Å²) in [6.07, 6.45) is 3.47. The highest BCUT2D eigenvalue weighted by molar-refractivity contribution is 6.02. The summed E-state index contributed by atoms with van der Waals surface area (Å²) in [4.78, 5) is 27.0. The second-order valence-electron chi connectivity index (χ2n) is 6.38. The largest absolute Gasteiger partial charge is 0.382 e. The van der Waals surface area contributed by atoms with Gasteiger partial charge in [0.1, 0.15) is 11.1 Å². The Kier molecular flexibility index (Phi) is 4.88. The van der Waals surface area contributed by atoms with Crippen molar-refractivity contribution in [3.8, 4) is 0 Å². The van der Waals surface area contributed by atoms with Crippen LogP contribution in [0.3, 0.4) is 0 Å². The van der Waals surface area contributed by atoms with E-state index in [2.05, 4.69) is 5.32 Å². The monoisotopic (exact) mass is 298 g/mol. The molecule has 1 N–H and O–H groups in total. The zero-order chi connectivity index (χ0) is 15.5. The van der Waals surface area contributed by atoms with Gasteiger partial charge in [0.25, 0.3) is 0 Å². The number of nitrogens with zero attached hydrogens (tertiary/aromatic N) is 1. The predicted octanol–water partition coefficient (Wildman–Crippen LogP) is 0.699. The van der Waals surface area contributed by atoms with Crippen LogP contribution in [0.5, 0.6) is 0 Å². The molecule has 0 unspecified atom stereocenters. The summed E-state index contributed by atoms with van der Waals surface area (Å²) in [5.74, 6) is -0.0270. The first-order valence-electron chi connectivity index (χ1n) is 7.65. The SMILES string of the molecule is COCCOCCN1C(=O)C(C)(C)NC(=O)C12CCCC2. The quantitative estimate of drug-likeness (QED) is 0.733. The molecule has 0 aromatic rings. The molecular formula is C15H26N2O4. The Balaban J connectivity index is 2.07. The van der Waals surface area contributed by atoms with E-state index >= 15 is 0 Å². The molecule has 1 spiro atoms. The molecule has 6 nitrogen and oxygen atoms in total. The van der Waals surface area contributed by atoms with Crippen LogP contribution in [0.4, 0.5) is 0 Å². The van der Waals surface area contributed by atoms with Gasteiger partial charge in [0.05, 0.1) is 19.8 Å². The minimum atomic E-state index is -0.836. The Bertz CT molecular complexity index is 402. The van der Waals surface area contributed by atoms with Crippen LogP contribution in [0.25, 0.3) is 0 Å². The van der Waals surface area contributed by atoms with E-state index in [-0.39, 0.29) is 11.8 Å². The van der Waals surface area contributed by atoms with Gasteiger partial charge < -0.3 is 19.7 Å². The summed E-state index contributed by atoms with van der Waals surface area (Å²) >= 11 is 0. The fraction of sp³-hybridized carbons (Fsp3) is 0.867. The zero-order valence-electron chi connectivity index (χ0n) is 13.2. The molecule has 1 aliphatic carbocycles. The second kappa shape index (κ2) is 6.32. The highest BCUT2D eigenvalue weighted by Crippen LogP contribution is 2.39. The number of carbonyl (C=O) groups is 2. The number of hydrogen-bond acceptors (Lipinski definition) is 4. The van der Waals surface area contributed by atoms with Gasteiger partial charge in [-0.1, -0.05) is 12.8 Å². The van der Waals surface area contributed by atoms with Crippen molar-refractivity contribution in [1.82, 2.24) is 10.2 Å². The molecule has 2 aliphatic rings. The lowest BCUT2D eigenvalue weighted by Crippen LogP contribution is -2.73. The van der Waals surface area contributed by atoms with Crippen molar-refractivity contribution in [2.75, 3.05) is 33.5 Å². The lowest BCUT2D eigenvalue weighted by Gasteiger charge is -2.49. The van der Waals surface area contributed by atoms with Crippen molar-refractivity contribution >= 4 is 11.8 Å². The van der Waals surface area contributed by atoms with Crippen LogP contribution in [0.1, 0.15) is 39.5 Å². The molecule has 21 heavy (non-hydrogen) atoms. The lowest BCUT2D eigenvalue weighted by atomic mass is 9.85. The minimum absolute atomic E-state index is 0.0125. The van der Waals surface area contributed by atoms with Crippen LogP contribution in [-0.2, 0) is 19.1 Å². The normalized spacial score (nSPS) is 23.7. The number of carbonyl (C=O) groups excluding carboxylic acids is 2. The first-order valence-corrected chi connectivity index (χ1v) is 7.65. The summed E-state index contributed by atoms with van der Waals surface area (Å²) in [7, 11) is 1.62. The van der Waals surface area contributed by atoms with Crippen molar-refractivity contribution < 1.29 is 19.1 Å². The van der Waals surface area contributed by atoms with Gasteiger partial charge >= 0.3 is 0 Å². The van der Waals surface area contributed by atoms with Crippen LogP contribution < -0.4 is 5.32 Å². The van der Waals surface area contributed by atoms with Crippen LogP contribution in [-0.4, -0.2) is 61.3 Å². The third-order valence-electron chi connectivity index (χ3n) is 4.47. The standard InChI is InChI=1S/C15H26N2O4/c1-14(2)13(19)17(8-9-21-11-10-20-3)15(12(18)16-14)6-4-5-7-15/h4-11H2,1-3H3,(H,16,18). The van der Waals surface area contributed by atoms with Gasteiger partial charge in [0.2, 0.25) is 11.8 Å². The lowest BCUT2D eigenvalue weighted by molar-refractivity contribution is -0.162. The predicted molar refractivity (Wildman–Crippen MR) is 77.8 cm³/mol. The molecule has 0 aromatic heterocycles. The third kappa shape index (κ3) is 3.06. The van der Waals surface area contributed by atoms with Crippen molar-refractivity contribution in [3.63, 3.8) is 0 Å². The highest BCUT2D eigenvalue weighted by Gasteiger charge is 2.55. The highest BCUT2D eigenvalue weighted by atomic mass is 16.5. The van der Waals surface area contributed by atoms with Gasteiger partial charge in [0, 0.05) is 13.7 Å². The molecule has 2 fully saturated rings. The average Bonchev–Trinajstić information content (AvgIpc) is 2.91. The molecule has 6 heteroatoms. The van der Waals surface area contributed by atoms with E-state index in [1.54, 1.807) is 25.9 Å². The van der Waals surface area contributed by atoms with Crippen LogP contribution in [0.2, 0.25) is 0 Å². The smallest absolute Gasteiger partial charge is 0.248 e. The van der Waals surface area contributed by atoms with Gasteiger partial charge in [-0.25, -0.2) is 0 Å².